The van der Waals surface area contributed by atoms with Crippen LogP contribution in [0.25, 0.3) is 0 Å². The van der Waals surface area contributed by atoms with E-state index in [0.717, 1.165) is 30.1 Å². The van der Waals surface area contributed by atoms with Gasteiger partial charge in [-0.15, -0.1) is 11.3 Å². The molecule has 2 rings (SSSR count). The average Bonchev–Trinajstić information content (AvgIpc) is 2.86. The Balaban J connectivity index is 2.17. The topological polar surface area (TPSA) is 53.4 Å². The highest BCUT2D eigenvalue weighted by Crippen LogP contribution is 2.34. The number of aliphatic carboxylic acids is 1. The summed E-state index contributed by atoms with van der Waals surface area (Å²) in [5.74, 6) is -0.689. The van der Waals surface area contributed by atoms with Crippen LogP contribution in [-0.4, -0.2) is 33.0 Å². The van der Waals surface area contributed by atoms with Gasteiger partial charge in [0.1, 0.15) is 10.5 Å². The van der Waals surface area contributed by atoms with E-state index in [9.17, 15) is 9.90 Å². The number of thiazole rings is 1. The van der Waals surface area contributed by atoms with Gasteiger partial charge in [-0.1, -0.05) is 6.92 Å². The molecule has 1 N–H and O–H groups in total. The van der Waals surface area contributed by atoms with E-state index in [1.807, 2.05) is 19.2 Å². The molecule has 1 unspecified atom stereocenters. The lowest BCUT2D eigenvalue weighted by Crippen LogP contribution is -2.49. The van der Waals surface area contributed by atoms with E-state index in [4.69, 9.17) is 0 Å². The van der Waals surface area contributed by atoms with Crippen LogP contribution in [0.4, 0.5) is 0 Å². The summed E-state index contributed by atoms with van der Waals surface area (Å²) in [5.41, 5.74) is 0.348. The van der Waals surface area contributed by atoms with Crippen molar-refractivity contribution in [1.82, 2.24) is 9.88 Å². The van der Waals surface area contributed by atoms with Gasteiger partial charge in [-0.3, -0.25) is 9.69 Å². The lowest BCUT2D eigenvalue weighted by Gasteiger charge is -2.33. The first-order chi connectivity index (χ1) is 8.08. The van der Waals surface area contributed by atoms with Crippen molar-refractivity contribution in [2.75, 3.05) is 6.54 Å². The number of carbonyl (C=O) groups is 1. The van der Waals surface area contributed by atoms with Gasteiger partial charge in [0.05, 0.1) is 6.54 Å². The van der Waals surface area contributed by atoms with Gasteiger partial charge in [0.2, 0.25) is 0 Å². The van der Waals surface area contributed by atoms with Crippen molar-refractivity contribution < 1.29 is 9.90 Å². The van der Waals surface area contributed by atoms with Gasteiger partial charge in [-0.25, -0.2) is 4.98 Å². The second kappa shape index (κ2) is 4.74. The zero-order valence-electron chi connectivity index (χ0n) is 10.3. The van der Waals surface area contributed by atoms with Crippen LogP contribution in [-0.2, 0) is 11.3 Å². The Morgan fingerprint density at radius 2 is 2.47 bits per heavy atom. The SMILES string of the molecule is CCC1(C(=O)O)CCCN1Cc1nc(C)cs1. The monoisotopic (exact) mass is 254 g/mol. The van der Waals surface area contributed by atoms with Gasteiger partial charge in [0.15, 0.2) is 0 Å². The van der Waals surface area contributed by atoms with Crippen LogP contribution in [0.2, 0.25) is 0 Å². The molecule has 0 amide bonds. The van der Waals surface area contributed by atoms with Gasteiger partial charge in [-0.05, 0) is 32.7 Å². The molecule has 1 aromatic heterocycles. The molecule has 0 aromatic carbocycles. The predicted molar refractivity (Wildman–Crippen MR) is 67.2 cm³/mol. The summed E-state index contributed by atoms with van der Waals surface area (Å²) in [5, 5.41) is 12.5. The third-order valence-corrected chi connectivity index (χ3v) is 4.55. The zero-order valence-corrected chi connectivity index (χ0v) is 11.1. The second-order valence-electron chi connectivity index (χ2n) is 4.60. The maximum Gasteiger partial charge on any atom is 0.324 e. The smallest absolute Gasteiger partial charge is 0.324 e. The Labute approximate surface area is 105 Å². The molecule has 5 heteroatoms. The maximum atomic E-state index is 11.5. The summed E-state index contributed by atoms with van der Waals surface area (Å²) in [6.07, 6.45) is 2.38. The van der Waals surface area contributed by atoms with E-state index in [2.05, 4.69) is 9.88 Å². The lowest BCUT2D eigenvalue weighted by atomic mass is 9.93. The molecule has 0 bridgehead atoms. The fraction of sp³-hybridized carbons (Fsp3) is 0.667. The summed E-state index contributed by atoms with van der Waals surface area (Å²) in [6, 6.07) is 0. The predicted octanol–water partition coefficient (Wildman–Crippen LogP) is 2.28. The van der Waals surface area contributed by atoms with Gasteiger partial charge in [-0.2, -0.15) is 0 Å². The van der Waals surface area contributed by atoms with Crippen LogP contribution >= 0.6 is 11.3 Å². The fourth-order valence-electron chi connectivity index (χ4n) is 2.60. The summed E-state index contributed by atoms with van der Waals surface area (Å²) >= 11 is 1.61. The molecular formula is C12H18N2O2S. The van der Waals surface area contributed by atoms with Crippen molar-refractivity contribution in [3.8, 4) is 0 Å². The summed E-state index contributed by atoms with van der Waals surface area (Å²) in [4.78, 5) is 18.0. The van der Waals surface area contributed by atoms with Crippen LogP contribution in [0, 0.1) is 6.92 Å². The van der Waals surface area contributed by atoms with Crippen molar-refractivity contribution in [1.29, 1.82) is 0 Å². The standard InChI is InChI=1S/C12H18N2O2S/c1-3-12(11(15)16)5-4-6-14(12)7-10-13-9(2)8-17-10/h8H,3-7H2,1-2H3,(H,15,16). The van der Waals surface area contributed by atoms with Crippen LogP contribution in [0.1, 0.15) is 36.9 Å². The van der Waals surface area contributed by atoms with Gasteiger partial charge >= 0.3 is 5.97 Å². The number of nitrogens with zero attached hydrogens (tertiary/aromatic N) is 2. The third kappa shape index (κ3) is 2.21. The summed E-state index contributed by atoms with van der Waals surface area (Å²) in [6.45, 7) is 5.45. The number of carboxylic acids is 1. The van der Waals surface area contributed by atoms with Gasteiger partial charge in [0, 0.05) is 11.1 Å². The van der Waals surface area contributed by atoms with Crippen molar-refractivity contribution in [2.45, 2.75) is 45.2 Å². The van der Waals surface area contributed by atoms with E-state index in [1.54, 1.807) is 11.3 Å². The number of hydrogen-bond donors (Lipinski definition) is 1. The van der Waals surface area contributed by atoms with E-state index < -0.39 is 11.5 Å². The van der Waals surface area contributed by atoms with E-state index in [1.165, 1.54) is 0 Å². The van der Waals surface area contributed by atoms with Crippen molar-refractivity contribution in [2.24, 2.45) is 0 Å². The largest absolute Gasteiger partial charge is 0.480 e. The molecule has 0 saturated carbocycles. The minimum absolute atomic E-state index is 0.659. The highest BCUT2D eigenvalue weighted by molar-refractivity contribution is 7.09. The molecule has 1 aliphatic rings. The molecule has 1 aromatic rings. The molecular weight excluding hydrogens is 236 g/mol. The average molecular weight is 254 g/mol. The van der Waals surface area contributed by atoms with Crippen LogP contribution in [0.3, 0.4) is 0 Å². The van der Waals surface area contributed by atoms with Crippen molar-refractivity contribution in [3.05, 3.63) is 16.1 Å². The Bertz CT molecular complexity index is 418. The summed E-state index contributed by atoms with van der Waals surface area (Å²) < 4.78 is 0. The molecule has 94 valence electrons. The first-order valence-corrected chi connectivity index (χ1v) is 6.86. The quantitative estimate of drug-likeness (QED) is 0.895. The Morgan fingerprint density at radius 3 is 3.00 bits per heavy atom. The van der Waals surface area contributed by atoms with Crippen LogP contribution in [0.5, 0.6) is 0 Å². The number of carboxylic acid groups (broad SMARTS) is 1. The molecule has 0 spiro atoms. The highest BCUT2D eigenvalue weighted by Gasteiger charge is 2.46. The van der Waals surface area contributed by atoms with Crippen molar-refractivity contribution in [3.63, 3.8) is 0 Å². The van der Waals surface area contributed by atoms with Crippen molar-refractivity contribution >= 4 is 17.3 Å². The van der Waals surface area contributed by atoms with E-state index in [-0.39, 0.29) is 0 Å². The summed E-state index contributed by atoms with van der Waals surface area (Å²) in [7, 11) is 0. The first-order valence-electron chi connectivity index (χ1n) is 5.98. The number of aromatic nitrogens is 1. The first kappa shape index (κ1) is 12.5. The Kier molecular flexibility index (Phi) is 3.49. The molecule has 17 heavy (non-hydrogen) atoms. The number of likely N-dealkylation sites (tertiary alicyclic amines) is 1. The lowest BCUT2D eigenvalue weighted by molar-refractivity contribution is -0.150. The number of hydrogen-bond acceptors (Lipinski definition) is 4. The van der Waals surface area contributed by atoms with E-state index >= 15 is 0 Å². The van der Waals surface area contributed by atoms with Crippen LogP contribution < -0.4 is 0 Å². The molecule has 1 aliphatic heterocycles. The van der Waals surface area contributed by atoms with Gasteiger partial charge in [0.25, 0.3) is 0 Å². The van der Waals surface area contributed by atoms with Gasteiger partial charge < -0.3 is 5.11 Å². The highest BCUT2D eigenvalue weighted by atomic mass is 32.1. The third-order valence-electron chi connectivity index (χ3n) is 3.60. The Hall–Kier alpha value is -0.940. The molecule has 0 aliphatic carbocycles. The molecule has 4 nitrogen and oxygen atoms in total. The zero-order chi connectivity index (χ0) is 12.5. The maximum absolute atomic E-state index is 11.5. The number of aryl methyl sites for hydroxylation is 1. The molecule has 0 radical (unpaired) electrons. The minimum Gasteiger partial charge on any atom is -0.480 e. The normalized spacial score (nSPS) is 25.3. The number of rotatable bonds is 4. The molecule has 2 heterocycles. The minimum atomic E-state index is -0.689. The van der Waals surface area contributed by atoms with Crippen LogP contribution in [0.15, 0.2) is 5.38 Å². The van der Waals surface area contributed by atoms with E-state index in [0.29, 0.717) is 13.0 Å². The fourth-order valence-corrected chi connectivity index (χ4v) is 3.38. The second-order valence-corrected chi connectivity index (χ2v) is 5.54. The molecule has 1 atom stereocenters. The Morgan fingerprint density at radius 1 is 1.71 bits per heavy atom. The molecule has 1 fully saturated rings. The molecule has 1 saturated heterocycles.